The Morgan fingerprint density at radius 3 is 1.35 bits per heavy atom. The Kier molecular flexibility index (Phi) is 6.78. The summed E-state index contributed by atoms with van der Waals surface area (Å²) in [5, 5.41) is 15.5. The van der Waals surface area contributed by atoms with Gasteiger partial charge in [0.15, 0.2) is 0 Å². The molecule has 0 fully saturated rings. The molecule has 0 N–H and O–H groups in total. The molecule has 1 aliphatic carbocycles. The van der Waals surface area contributed by atoms with E-state index >= 15 is 0 Å². The molecule has 0 spiro atoms. The minimum Gasteiger partial charge on any atom is -0.0616 e. The Labute approximate surface area is 332 Å². The molecule has 0 aliphatic heterocycles. The van der Waals surface area contributed by atoms with Crippen LogP contribution in [0, 0.1) is 0 Å². The maximum absolute atomic E-state index is 2.41. The third-order valence-corrected chi connectivity index (χ3v) is 13.0. The van der Waals surface area contributed by atoms with Crippen LogP contribution in [0.5, 0.6) is 0 Å². The largest absolute Gasteiger partial charge is 0.0616 e. The van der Waals surface area contributed by atoms with E-state index in [1.807, 2.05) is 0 Å². The van der Waals surface area contributed by atoms with Crippen LogP contribution in [0.1, 0.15) is 25.0 Å². The van der Waals surface area contributed by atoms with Gasteiger partial charge in [-0.05, 0) is 126 Å². The lowest BCUT2D eigenvalue weighted by Crippen LogP contribution is -2.15. The highest BCUT2D eigenvalue weighted by Gasteiger charge is 2.39. The van der Waals surface area contributed by atoms with Crippen LogP contribution in [-0.4, -0.2) is 0 Å². The van der Waals surface area contributed by atoms with Crippen molar-refractivity contribution in [3.05, 3.63) is 205 Å². The summed E-state index contributed by atoms with van der Waals surface area (Å²) in [6, 6.07) is 72.5. The molecule has 0 aromatic heterocycles. The van der Waals surface area contributed by atoms with E-state index in [1.54, 1.807) is 0 Å². The quantitative estimate of drug-likeness (QED) is 0.126. The van der Waals surface area contributed by atoms with Crippen molar-refractivity contribution in [2.75, 3.05) is 0 Å². The number of fused-ring (bicyclic) bond motifs is 13. The molecule has 11 aromatic carbocycles. The van der Waals surface area contributed by atoms with Crippen LogP contribution in [0.25, 0.3) is 109 Å². The summed E-state index contributed by atoms with van der Waals surface area (Å²) in [6.07, 6.45) is 0. The van der Waals surface area contributed by atoms with E-state index in [2.05, 4.69) is 208 Å². The van der Waals surface area contributed by atoms with Crippen molar-refractivity contribution >= 4 is 64.6 Å². The fourth-order valence-electron chi connectivity index (χ4n) is 10.5. The van der Waals surface area contributed by atoms with Gasteiger partial charge in [-0.25, -0.2) is 0 Å². The maximum atomic E-state index is 2.41. The fraction of sp³-hybridized carbons (Fsp3) is 0.0526. The number of hydrogen-bond acceptors (Lipinski definition) is 0. The van der Waals surface area contributed by atoms with Crippen molar-refractivity contribution in [1.82, 2.24) is 0 Å². The van der Waals surface area contributed by atoms with E-state index in [0.717, 1.165) is 0 Å². The lowest BCUT2D eigenvalue weighted by Gasteiger charge is -2.24. The molecule has 12 rings (SSSR count). The first-order chi connectivity index (χ1) is 28.1. The maximum Gasteiger partial charge on any atom is 0.0165 e. The van der Waals surface area contributed by atoms with Crippen LogP contribution in [0.2, 0.25) is 0 Å². The van der Waals surface area contributed by atoms with Gasteiger partial charge in [0.25, 0.3) is 0 Å². The summed E-state index contributed by atoms with van der Waals surface area (Å²) in [4.78, 5) is 0. The molecule has 0 radical (unpaired) electrons. The normalized spacial score (nSPS) is 13.2. The average Bonchev–Trinajstić information content (AvgIpc) is 3.52. The van der Waals surface area contributed by atoms with Crippen molar-refractivity contribution in [3.63, 3.8) is 0 Å². The summed E-state index contributed by atoms with van der Waals surface area (Å²) in [5.74, 6) is 0. The molecule has 57 heavy (non-hydrogen) atoms. The molecular formula is C57H38. The van der Waals surface area contributed by atoms with Crippen LogP contribution in [-0.2, 0) is 5.41 Å². The highest BCUT2D eigenvalue weighted by Crippen LogP contribution is 2.57. The SMILES string of the molecule is CC1(C)c2cccc(-c3ccc(-c4c5ccccc5c(-c5ccc6ccc7ccccc7c6c5)c5ccccc45)cc3)c2-c2c1c1ccccc1c1ccccc21. The van der Waals surface area contributed by atoms with Gasteiger partial charge in [0, 0.05) is 5.41 Å². The summed E-state index contributed by atoms with van der Waals surface area (Å²) >= 11 is 0. The summed E-state index contributed by atoms with van der Waals surface area (Å²) in [7, 11) is 0. The molecule has 0 heteroatoms. The fourth-order valence-corrected chi connectivity index (χ4v) is 10.5. The smallest absolute Gasteiger partial charge is 0.0165 e. The molecular weight excluding hydrogens is 685 g/mol. The third kappa shape index (κ3) is 4.56. The number of hydrogen-bond donors (Lipinski definition) is 0. The topological polar surface area (TPSA) is 0 Å². The van der Waals surface area contributed by atoms with Crippen molar-refractivity contribution in [1.29, 1.82) is 0 Å². The number of rotatable bonds is 3. The Bertz CT molecular complexity index is 3410. The second kappa shape index (κ2) is 12.0. The molecule has 0 saturated heterocycles. The summed E-state index contributed by atoms with van der Waals surface area (Å²) < 4.78 is 0. The predicted octanol–water partition coefficient (Wildman–Crippen LogP) is 15.9. The first-order valence-electron chi connectivity index (χ1n) is 20.1. The Morgan fingerprint density at radius 2 is 0.719 bits per heavy atom. The molecule has 0 amide bonds. The zero-order valence-corrected chi connectivity index (χ0v) is 32.0. The van der Waals surface area contributed by atoms with Crippen LogP contribution in [0.4, 0.5) is 0 Å². The van der Waals surface area contributed by atoms with E-state index in [9.17, 15) is 0 Å². The van der Waals surface area contributed by atoms with Gasteiger partial charge in [-0.15, -0.1) is 0 Å². The molecule has 0 saturated carbocycles. The lowest BCUT2D eigenvalue weighted by molar-refractivity contribution is 0.666. The van der Waals surface area contributed by atoms with E-state index in [0.29, 0.717) is 0 Å². The van der Waals surface area contributed by atoms with Crippen molar-refractivity contribution < 1.29 is 0 Å². The Hall–Kier alpha value is -7.02. The third-order valence-electron chi connectivity index (χ3n) is 13.0. The first-order valence-corrected chi connectivity index (χ1v) is 20.1. The molecule has 0 heterocycles. The van der Waals surface area contributed by atoms with Gasteiger partial charge in [-0.2, -0.15) is 0 Å². The van der Waals surface area contributed by atoms with Gasteiger partial charge in [0.2, 0.25) is 0 Å². The van der Waals surface area contributed by atoms with Crippen LogP contribution in [0.15, 0.2) is 194 Å². The zero-order valence-electron chi connectivity index (χ0n) is 32.0. The monoisotopic (exact) mass is 722 g/mol. The molecule has 0 atom stereocenters. The lowest BCUT2D eigenvalue weighted by atomic mass is 9.79. The standard InChI is InChI=1S/C57H38/c1-57(2)51-25-13-24-41(54(51)55-44-18-7-5-16-42(44)43-17-6-12-23-49(43)56(55)57)36-28-31-38(32-29-36)52-45-19-8-10-21-47(45)53(48-22-11-9-20-46(48)52)39-33-30-37-27-26-35-14-3-4-15-40(35)50(37)34-39/h3-34H,1-2H3. The number of benzene rings is 11. The molecule has 0 unspecified atom stereocenters. The van der Waals surface area contributed by atoms with Crippen molar-refractivity contribution in [3.8, 4) is 44.5 Å². The van der Waals surface area contributed by atoms with Crippen LogP contribution < -0.4 is 0 Å². The minimum absolute atomic E-state index is 0.137. The minimum atomic E-state index is -0.137. The van der Waals surface area contributed by atoms with E-state index in [-0.39, 0.29) is 5.41 Å². The highest BCUT2D eigenvalue weighted by atomic mass is 14.4. The van der Waals surface area contributed by atoms with Gasteiger partial charge in [-0.1, -0.05) is 202 Å². The second-order valence-electron chi connectivity index (χ2n) is 16.3. The van der Waals surface area contributed by atoms with Gasteiger partial charge in [0.1, 0.15) is 0 Å². The molecule has 1 aliphatic rings. The molecule has 0 bridgehead atoms. The predicted molar refractivity (Wildman–Crippen MR) is 245 cm³/mol. The molecule has 0 nitrogen and oxygen atoms in total. The average molecular weight is 723 g/mol. The second-order valence-corrected chi connectivity index (χ2v) is 16.3. The zero-order chi connectivity index (χ0) is 37.8. The summed E-state index contributed by atoms with van der Waals surface area (Å²) in [5.41, 5.74) is 13.0. The van der Waals surface area contributed by atoms with E-state index < -0.39 is 0 Å². The van der Waals surface area contributed by atoms with Crippen LogP contribution >= 0.6 is 0 Å². The van der Waals surface area contributed by atoms with Gasteiger partial charge < -0.3 is 0 Å². The first kappa shape index (κ1) is 32.2. The molecule has 11 aromatic rings. The van der Waals surface area contributed by atoms with Gasteiger partial charge in [0.05, 0.1) is 0 Å². The Balaban J connectivity index is 1.05. The van der Waals surface area contributed by atoms with Gasteiger partial charge >= 0.3 is 0 Å². The van der Waals surface area contributed by atoms with Gasteiger partial charge in [-0.3, -0.25) is 0 Å². The molecule has 266 valence electrons. The Morgan fingerprint density at radius 1 is 0.281 bits per heavy atom. The van der Waals surface area contributed by atoms with E-state index in [1.165, 1.54) is 120 Å². The van der Waals surface area contributed by atoms with Crippen LogP contribution in [0.3, 0.4) is 0 Å². The van der Waals surface area contributed by atoms with Crippen molar-refractivity contribution in [2.45, 2.75) is 19.3 Å². The summed E-state index contributed by atoms with van der Waals surface area (Å²) in [6.45, 7) is 4.82. The van der Waals surface area contributed by atoms with Crippen molar-refractivity contribution in [2.24, 2.45) is 0 Å². The highest BCUT2D eigenvalue weighted by molar-refractivity contribution is 6.23. The van der Waals surface area contributed by atoms with E-state index in [4.69, 9.17) is 0 Å².